The number of fused-ring (bicyclic) bond motifs is 1. The van der Waals surface area contributed by atoms with Crippen molar-refractivity contribution in [3.05, 3.63) is 54.2 Å². The lowest BCUT2D eigenvalue weighted by atomic mass is 10.0. The van der Waals surface area contributed by atoms with E-state index >= 15 is 0 Å². The Balaban J connectivity index is 1.35. The van der Waals surface area contributed by atoms with Crippen molar-refractivity contribution in [2.24, 2.45) is 0 Å². The molecule has 0 atom stereocenters. The minimum atomic E-state index is -2.44. The van der Waals surface area contributed by atoms with Crippen molar-refractivity contribution in [3.63, 3.8) is 0 Å². The maximum atomic E-state index is 12.7. The molecule has 0 bridgehead atoms. The summed E-state index contributed by atoms with van der Waals surface area (Å²) in [5.41, 5.74) is 4.20. The third kappa shape index (κ3) is 5.20. The first kappa shape index (κ1) is 24.6. The number of rotatable bonds is 7. The third-order valence-corrected chi connectivity index (χ3v) is 8.57. The lowest BCUT2D eigenvalue weighted by molar-refractivity contribution is 0.249. The molecule has 0 saturated carbocycles. The summed E-state index contributed by atoms with van der Waals surface area (Å²) in [6.45, 7) is 6.35. The van der Waals surface area contributed by atoms with Crippen LogP contribution < -0.4 is 25.6 Å². The molecule has 2 N–H and O–H groups in total. The van der Waals surface area contributed by atoms with E-state index in [-0.39, 0.29) is 0 Å². The predicted octanol–water partition coefficient (Wildman–Crippen LogP) is 4.68. The van der Waals surface area contributed by atoms with Crippen LogP contribution in [-0.4, -0.2) is 68.0 Å². The Morgan fingerprint density at radius 1 is 1.03 bits per heavy atom. The molecule has 190 valence electrons. The molecular formula is C27H35N6O2P. The smallest absolute Gasteiger partial charge is 0.229 e. The largest absolute Gasteiger partial charge is 0.491 e. The summed E-state index contributed by atoms with van der Waals surface area (Å²) in [4.78, 5) is 13.9. The molecule has 9 heteroatoms. The van der Waals surface area contributed by atoms with E-state index in [1.54, 1.807) is 25.6 Å². The van der Waals surface area contributed by atoms with Gasteiger partial charge < -0.3 is 29.7 Å². The molecule has 0 spiro atoms. The fourth-order valence-electron chi connectivity index (χ4n) is 5.09. The van der Waals surface area contributed by atoms with Crippen LogP contribution in [0.3, 0.4) is 0 Å². The predicted molar refractivity (Wildman–Crippen MR) is 149 cm³/mol. The Morgan fingerprint density at radius 3 is 2.56 bits per heavy atom. The average molecular weight is 507 g/mol. The van der Waals surface area contributed by atoms with Crippen molar-refractivity contribution in [1.82, 2.24) is 14.9 Å². The molecule has 2 aromatic carbocycles. The van der Waals surface area contributed by atoms with Gasteiger partial charge >= 0.3 is 0 Å². The summed E-state index contributed by atoms with van der Waals surface area (Å²) in [6, 6.07) is 14.4. The van der Waals surface area contributed by atoms with E-state index < -0.39 is 7.14 Å². The summed E-state index contributed by atoms with van der Waals surface area (Å²) >= 11 is 0. The zero-order chi connectivity index (χ0) is 25.3. The highest BCUT2D eigenvalue weighted by Crippen LogP contribution is 2.42. The number of nitrogens with one attached hydrogen (secondary N) is 2. The van der Waals surface area contributed by atoms with Crippen LogP contribution >= 0.6 is 7.14 Å². The first-order chi connectivity index (χ1) is 17.3. The Kier molecular flexibility index (Phi) is 6.91. The number of nitrogens with zero attached hydrogens (tertiary/aromatic N) is 4. The normalized spacial score (nSPS) is 16.1. The number of ether oxygens (including phenoxy) is 1. The van der Waals surface area contributed by atoms with Gasteiger partial charge in [0.15, 0.2) is 0 Å². The van der Waals surface area contributed by atoms with Crippen molar-refractivity contribution in [2.45, 2.75) is 25.3 Å². The van der Waals surface area contributed by atoms with Crippen molar-refractivity contribution >= 4 is 41.3 Å². The first-order valence-electron chi connectivity index (χ1n) is 12.5. The molecule has 3 aromatic rings. The summed E-state index contributed by atoms with van der Waals surface area (Å²) in [5, 5.41) is 7.48. The second-order valence-corrected chi connectivity index (χ2v) is 13.3. The fourth-order valence-corrected chi connectivity index (χ4v) is 6.25. The second-order valence-electron chi connectivity index (χ2n) is 10.1. The molecule has 2 aliphatic heterocycles. The monoisotopic (exact) mass is 506 g/mol. The number of piperidine rings is 1. The second kappa shape index (κ2) is 10.1. The van der Waals surface area contributed by atoms with Gasteiger partial charge in [0.1, 0.15) is 18.7 Å². The van der Waals surface area contributed by atoms with E-state index in [9.17, 15) is 4.57 Å². The van der Waals surface area contributed by atoms with Gasteiger partial charge in [-0.1, -0.05) is 12.1 Å². The molecule has 0 aliphatic carbocycles. The number of anilines is 5. The number of aromatic nitrogens is 2. The van der Waals surface area contributed by atoms with Crippen LogP contribution in [0.1, 0.15) is 18.4 Å². The fraction of sp³-hybridized carbons (Fsp3) is 0.407. The van der Waals surface area contributed by atoms with Crippen LogP contribution in [0.15, 0.2) is 48.7 Å². The van der Waals surface area contributed by atoms with E-state index in [1.807, 2.05) is 24.3 Å². The van der Waals surface area contributed by atoms with E-state index in [4.69, 9.17) is 4.74 Å². The third-order valence-electron chi connectivity index (χ3n) is 7.02. The van der Waals surface area contributed by atoms with Crippen LogP contribution in [0.2, 0.25) is 0 Å². The van der Waals surface area contributed by atoms with E-state index in [0.717, 1.165) is 41.9 Å². The average Bonchev–Trinajstić information content (AvgIpc) is 3.35. The zero-order valence-corrected chi connectivity index (χ0v) is 22.4. The van der Waals surface area contributed by atoms with Gasteiger partial charge in [0, 0.05) is 48.3 Å². The molecule has 8 nitrogen and oxygen atoms in total. The topological polar surface area (TPSA) is 82.6 Å². The van der Waals surface area contributed by atoms with E-state index in [0.29, 0.717) is 24.4 Å². The summed E-state index contributed by atoms with van der Waals surface area (Å²) in [6.07, 6.45) is 4.96. The molecule has 1 fully saturated rings. The minimum Gasteiger partial charge on any atom is -0.491 e. The Morgan fingerprint density at radius 2 is 1.81 bits per heavy atom. The molecule has 3 heterocycles. The van der Waals surface area contributed by atoms with E-state index in [2.05, 4.69) is 56.6 Å². The molecule has 0 amide bonds. The van der Waals surface area contributed by atoms with Crippen LogP contribution in [0, 0.1) is 0 Å². The van der Waals surface area contributed by atoms with Crippen LogP contribution in [0.25, 0.3) is 0 Å². The van der Waals surface area contributed by atoms with Gasteiger partial charge in [0.25, 0.3) is 0 Å². The molecule has 1 aromatic heterocycles. The lowest BCUT2D eigenvalue weighted by Gasteiger charge is -2.37. The van der Waals surface area contributed by atoms with Crippen molar-refractivity contribution in [2.75, 3.05) is 62.7 Å². The first-order valence-corrected chi connectivity index (χ1v) is 15.1. The maximum Gasteiger partial charge on any atom is 0.229 e. The van der Waals surface area contributed by atoms with Crippen LogP contribution in [0.4, 0.5) is 28.8 Å². The lowest BCUT2D eigenvalue weighted by Crippen LogP contribution is -2.42. The zero-order valence-electron chi connectivity index (χ0n) is 21.5. The molecule has 0 unspecified atom stereocenters. The summed E-state index contributed by atoms with van der Waals surface area (Å²) in [5.74, 6) is 2.00. The maximum absolute atomic E-state index is 12.7. The summed E-state index contributed by atoms with van der Waals surface area (Å²) < 4.78 is 18.8. The molecule has 36 heavy (non-hydrogen) atoms. The highest BCUT2D eigenvalue weighted by molar-refractivity contribution is 7.70. The van der Waals surface area contributed by atoms with Crippen molar-refractivity contribution in [3.8, 4) is 5.75 Å². The summed E-state index contributed by atoms with van der Waals surface area (Å²) in [7, 11) is 1.90. The van der Waals surface area contributed by atoms with Crippen molar-refractivity contribution < 1.29 is 9.30 Å². The van der Waals surface area contributed by atoms with E-state index in [1.165, 1.54) is 24.1 Å². The van der Waals surface area contributed by atoms with Gasteiger partial charge in [-0.05, 0) is 70.6 Å². The highest BCUT2D eigenvalue weighted by atomic mass is 31.2. The van der Waals surface area contributed by atoms with Crippen LogP contribution in [-0.2, 0) is 11.0 Å². The number of para-hydroxylation sites is 1. The SMILES string of the molecule is CN(C)C1CCN(c2ccc(Nc3nccc(Nc4ccccc4P(C)(C)=O)n3)c3c2CCO3)CC1. The van der Waals surface area contributed by atoms with Crippen molar-refractivity contribution in [1.29, 1.82) is 0 Å². The van der Waals surface area contributed by atoms with Crippen LogP contribution in [0.5, 0.6) is 5.75 Å². The standard InChI is InChI=1S/C27H35N6O2P/c1-32(2)19-12-16-33(17-13-19)23-10-9-22(26-20(23)14-18-35-26)30-27-28-15-11-25(31-27)29-21-7-5-6-8-24(21)36(3,4)34/h5-11,15,19H,12-14,16-18H2,1-4H3,(H2,28,29,30,31). The van der Waals surface area contributed by atoms with Gasteiger partial charge in [0.2, 0.25) is 5.95 Å². The highest BCUT2D eigenvalue weighted by Gasteiger charge is 2.27. The quantitative estimate of drug-likeness (QED) is 0.447. The van der Waals surface area contributed by atoms with Gasteiger partial charge in [0.05, 0.1) is 18.0 Å². The molecule has 0 radical (unpaired) electrons. The Bertz CT molecular complexity index is 1280. The molecule has 5 rings (SSSR count). The van der Waals surface area contributed by atoms with Gasteiger partial charge in [-0.3, -0.25) is 0 Å². The number of hydrogen-bond acceptors (Lipinski definition) is 8. The minimum absolute atomic E-state index is 0.478. The van der Waals surface area contributed by atoms with Gasteiger partial charge in [-0.25, -0.2) is 4.98 Å². The Labute approximate surface area is 213 Å². The van der Waals surface area contributed by atoms with Gasteiger partial charge in [-0.2, -0.15) is 4.98 Å². The van der Waals surface area contributed by atoms with Gasteiger partial charge in [-0.15, -0.1) is 0 Å². The Hall–Kier alpha value is -3.09. The number of benzene rings is 2. The number of hydrogen-bond donors (Lipinski definition) is 2. The molecule has 1 saturated heterocycles. The molecular weight excluding hydrogens is 471 g/mol. The molecule has 2 aliphatic rings.